The Balaban J connectivity index is 1.54. The van der Waals surface area contributed by atoms with Gasteiger partial charge in [-0.2, -0.15) is 8.78 Å². The third kappa shape index (κ3) is 5.36. The predicted molar refractivity (Wildman–Crippen MR) is 128 cm³/mol. The second-order valence-corrected chi connectivity index (χ2v) is 9.04. The fourth-order valence-electron chi connectivity index (χ4n) is 4.32. The van der Waals surface area contributed by atoms with E-state index in [4.69, 9.17) is 4.74 Å². The quantitative estimate of drug-likeness (QED) is 0.610. The highest BCUT2D eigenvalue weighted by molar-refractivity contribution is 6.16. The number of nitrogens with one attached hydrogen (secondary N) is 1. The summed E-state index contributed by atoms with van der Waals surface area (Å²) in [5, 5.41) is 12.1. The van der Waals surface area contributed by atoms with Crippen LogP contribution in [-0.2, 0) is 15.5 Å². The molecule has 3 aliphatic rings. The average molecular weight is 502 g/mol. The lowest BCUT2D eigenvalue weighted by molar-refractivity contribution is -0.115. The van der Waals surface area contributed by atoms with Crippen LogP contribution in [0.25, 0.3) is 0 Å². The molecule has 0 aliphatic carbocycles. The minimum absolute atomic E-state index is 0.0259. The van der Waals surface area contributed by atoms with Crippen LogP contribution in [0.4, 0.5) is 8.78 Å². The average Bonchev–Trinajstić information content (AvgIpc) is 2.86. The number of morpholine rings is 1. The summed E-state index contributed by atoms with van der Waals surface area (Å²) in [5.74, 6) is -3.33. The van der Waals surface area contributed by atoms with E-state index in [9.17, 15) is 23.5 Å². The lowest BCUT2D eigenvalue weighted by atomic mass is 9.91. The zero-order valence-corrected chi connectivity index (χ0v) is 20.4. The summed E-state index contributed by atoms with van der Waals surface area (Å²) in [6, 6.07) is 1.28. The number of likely N-dealkylation sites (N-methyl/N-ethyl adjacent to an activating group) is 1. The van der Waals surface area contributed by atoms with Crippen molar-refractivity contribution in [2.45, 2.75) is 31.9 Å². The molecule has 2 N–H and O–H groups in total. The Labute approximate surface area is 207 Å². The molecule has 11 heteroatoms. The van der Waals surface area contributed by atoms with Crippen molar-refractivity contribution in [1.29, 1.82) is 0 Å². The zero-order chi connectivity index (χ0) is 26.0. The molecule has 36 heavy (non-hydrogen) atoms. The number of rotatable bonds is 6. The van der Waals surface area contributed by atoms with Gasteiger partial charge in [0, 0.05) is 62.9 Å². The Hall–Kier alpha value is -3.44. The van der Waals surface area contributed by atoms with Gasteiger partial charge in [0.1, 0.15) is 17.6 Å². The molecule has 1 unspecified atom stereocenters. The molecule has 4 heterocycles. The molecule has 1 amide bonds. The number of aliphatic hydroxyl groups excluding tert-OH is 1. The van der Waals surface area contributed by atoms with E-state index in [0.717, 1.165) is 18.1 Å². The largest absolute Gasteiger partial charge is 0.394 e. The number of pyridine rings is 1. The third-order valence-corrected chi connectivity index (χ3v) is 6.28. The van der Waals surface area contributed by atoms with Crippen LogP contribution in [-0.4, -0.2) is 89.8 Å². The molecule has 1 aromatic rings. The molecule has 0 radical (unpaired) electrons. The fourth-order valence-corrected chi connectivity index (χ4v) is 4.32. The number of aliphatic imine (C=N–C) groups is 1. The van der Waals surface area contributed by atoms with Crippen molar-refractivity contribution in [3.05, 3.63) is 64.4 Å². The zero-order valence-electron chi connectivity index (χ0n) is 20.4. The summed E-state index contributed by atoms with van der Waals surface area (Å²) in [4.78, 5) is 38.3. The van der Waals surface area contributed by atoms with Gasteiger partial charge in [-0.3, -0.25) is 19.6 Å². The molecular formula is C25H29F2N5O4. The molecule has 3 aliphatic heterocycles. The van der Waals surface area contributed by atoms with Crippen LogP contribution >= 0.6 is 0 Å². The van der Waals surface area contributed by atoms with E-state index in [2.05, 4.69) is 20.2 Å². The van der Waals surface area contributed by atoms with Gasteiger partial charge in [0.25, 0.3) is 11.8 Å². The van der Waals surface area contributed by atoms with Gasteiger partial charge in [-0.25, -0.2) is 0 Å². The molecule has 4 rings (SSSR count). The summed E-state index contributed by atoms with van der Waals surface area (Å²) in [7, 11) is 1.94. The molecule has 0 saturated carbocycles. The first-order valence-corrected chi connectivity index (χ1v) is 11.6. The van der Waals surface area contributed by atoms with Gasteiger partial charge in [-0.15, -0.1) is 0 Å². The van der Waals surface area contributed by atoms with Gasteiger partial charge >= 0.3 is 0 Å². The van der Waals surface area contributed by atoms with Crippen molar-refractivity contribution in [3.63, 3.8) is 0 Å². The highest BCUT2D eigenvalue weighted by Crippen LogP contribution is 2.29. The smallest absolute Gasteiger partial charge is 0.286 e. The number of carbonyl (C=O) groups is 2. The van der Waals surface area contributed by atoms with E-state index in [0.29, 0.717) is 50.0 Å². The Morgan fingerprint density at radius 3 is 2.89 bits per heavy atom. The SMILES string of the molecule is CC1=C(C2=CCN(C)C(N3CCO[C@H](CO)C3)=C2)C(=O)C(NC(=O)c2ccnc(C(C)(F)F)c2)C=N1. The Morgan fingerprint density at radius 1 is 1.39 bits per heavy atom. The number of hydrogen-bond acceptors (Lipinski definition) is 8. The molecule has 192 valence electrons. The maximum atomic E-state index is 13.6. The van der Waals surface area contributed by atoms with E-state index in [1.165, 1.54) is 12.3 Å². The molecule has 0 bridgehead atoms. The Morgan fingerprint density at radius 2 is 2.17 bits per heavy atom. The van der Waals surface area contributed by atoms with Crippen LogP contribution in [0.2, 0.25) is 0 Å². The van der Waals surface area contributed by atoms with Crippen molar-refractivity contribution in [3.8, 4) is 0 Å². The minimum atomic E-state index is -3.20. The number of ketones is 1. The summed E-state index contributed by atoms with van der Waals surface area (Å²) in [5.41, 5.74) is 1.03. The lowest BCUT2D eigenvalue weighted by Crippen LogP contribution is -2.47. The first-order valence-electron chi connectivity index (χ1n) is 11.6. The molecular weight excluding hydrogens is 472 g/mol. The molecule has 0 aromatic carbocycles. The minimum Gasteiger partial charge on any atom is -0.394 e. The monoisotopic (exact) mass is 501 g/mol. The molecule has 9 nitrogen and oxygen atoms in total. The summed E-state index contributed by atoms with van der Waals surface area (Å²) in [6.07, 6.45) is 6.02. The highest BCUT2D eigenvalue weighted by Gasteiger charge is 2.32. The number of allylic oxidation sites excluding steroid dienone is 3. The topological polar surface area (TPSA) is 107 Å². The third-order valence-electron chi connectivity index (χ3n) is 6.28. The van der Waals surface area contributed by atoms with E-state index >= 15 is 0 Å². The van der Waals surface area contributed by atoms with E-state index in [1.807, 2.05) is 24.1 Å². The van der Waals surface area contributed by atoms with Crippen molar-refractivity contribution < 1.29 is 28.2 Å². The fraction of sp³-hybridized carbons (Fsp3) is 0.440. The normalized spacial score (nSPS) is 23.0. The molecule has 1 aromatic heterocycles. The number of hydrogen-bond donors (Lipinski definition) is 2. The molecule has 2 atom stereocenters. The van der Waals surface area contributed by atoms with Gasteiger partial charge in [0.15, 0.2) is 5.78 Å². The number of amides is 1. The van der Waals surface area contributed by atoms with Crippen LogP contribution in [0, 0.1) is 0 Å². The maximum Gasteiger partial charge on any atom is 0.286 e. The van der Waals surface area contributed by atoms with Crippen molar-refractivity contribution in [2.75, 3.05) is 39.9 Å². The first kappa shape index (κ1) is 25.6. The van der Waals surface area contributed by atoms with Crippen molar-refractivity contribution in [2.24, 2.45) is 4.99 Å². The molecule has 1 fully saturated rings. The maximum absolute atomic E-state index is 13.6. The van der Waals surface area contributed by atoms with Crippen molar-refractivity contribution in [1.82, 2.24) is 20.1 Å². The van der Waals surface area contributed by atoms with Gasteiger partial charge in [-0.05, 0) is 30.7 Å². The number of alkyl halides is 2. The van der Waals surface area contributed by atoms with Crippen LogP contribution in [0.3, 0.4) is 0 Å². The number of halogens is 2. The standard InChI is InChI=1S/C25H29F2N5O4/c1-15-22(16-5-7-31(3)21(11-16)32-8-9-36-18(13-32)14-33)23(34)19(12-29-15)30-24(35)17-4-6-28-20(10-17)25(2,26)27/h4-6,10-12,18-19,33H,7-9,13-14H2,1-3H3,(H,30,35)/t18-,19?/m0/s1. The summed E-state index contributed by atoms with van der Waals surface area (Å²) >= 11 is 0. The number of aromatic nitrogens is 1. The second kappa shape index (κ2) is 10.3. The van der Waals surface area contributed by atoms with Crippen LogP contribution in [0.1, 0.15) is 29.9 Å². The summed E-state index contributed by atoms with van der Waals surface area (Å²) in [6.45, 7) is 4.55. The number of nitrogens with zero attached hydrogens (tertiary/aromatic N) is 4. The van der Waals surface area contributed by atoms with Crippen molar-refractivity contribution >= 4 is 17.9 Å². The number of aliphatic hydroxyl groups is 1. The van der Waals surface area contributed by atoms with Crippen LogP contribution < -0.4 is 5.32 Å². The Kier molecular flexibility index (Phi) is 7.32. The lowest BCUT2D eigenvalue weighted by Gasteiger charge is -2.40. The summed E-state index contributed by atoms with van der Waals surface area (Å²) < 4.78 is 32.8. The van der Waals surface area contributed by atoms with E-state index < -0.39 is 23.6 Å². The Bertz CT molecular complexity index is 1170. The van der Waals surface area contributed by atoms with Crippen LogP contribution in [0.15, 0.2) is 58.1 Å². The highest BCUT2D eigenvalue weighted by atomic mass is 19.3. The number of Topliss-reactive ketones (excluding diaryl/α,β-unsaturated/α-hetero) is 1. The molecule has 0 spiro atoms. The van der Waals surface area contributed by atoms with E-state index in [1.54, 1.807) is 6.92 Å². The van der Waals surface area contributed by atoms with E-state index in [-0.39, 0.29) is 24.1 Å². The van der Waals surface area contributed by atoms with Gasteiger partial charge in [0.05, 0.1) is 19.3 Å². The van der Waals surface area contributed by atoms with Gasteiger partial charge in [0.2, 0.25) is 0 Å². The first-order chi connectivity index (χ1) is 17.1. The van der Waals surface area contributed by atoms with Crippen LogP contribution in [0.5, 0.6) is 0 Å². The van der Waals surface area contributed by atoms with Gasteiger partial charge in [-0.1, -0.05) is 6.08 Å². The van der Waals surface area contributed by atoms with Gasteiger partial charge < -0.3 is 25.0 Å². The second-order valence-electron chi connectivity index (χ2n) is 9.04. The molecule has 1 saturated heterocycles. The number of ether oxygens (including phenoxy) is 1. The predicted octanol–water partition coefficient (Wildman–Crippen LogP) is 1.63. The number of carbonyl (C=O) groups excluding carboxylic acids is 2.